The zero-order chi connectivity index (χ0) is 27.1. The van der Waals surface area contributed by atoms with Gasteiger partial charge in [0.2, 0.25) is 5.82 Å². The summed E-state index contributed by atoms with van der Waals surface area (Å²) < 4.78 is 7.13. The topological polar surface area (TPSA) is 125 Å². The number of ether oxygens (including phenoxy) is 1. The minimum absolute atomic E-state index is 0.246. The van der Waals surface area contributed by atoms with E-state index in [0.29, 0.717) is 30.2 Å². The Balaban J connectivity index is 1.72. The Hall–Kier alpha value is -3.21. The predicted molar refractivity (Wildman–Crippen MR) is 151 cm³/mol. The number of nitrogens with zero attached hydrogens (tertiary/aromatic N) is 5. The molecule has 0 radical (unpaired) electrons. The van der Waals surface area contributed by atoms with Crippen molar-refractivity contribution in [3.05, 3.63) is 70.8 Å². The lowest BCUT2D eigenvalue weighted by molar-refractivity contribution is -0.147. The number of rotatable bonds is 12. The molecule has 0 bridgehead atoms. The summed E-state index contributed by atoms with van der Waals surface area (Å²) in [5.41, 5.74) is 9.79. The van der Waals surface area contributed by atoms with Crippen LogP contribution in [0, 0.1) is 0 Å². The van der Waals surface area contributed by atoms with E-state index >= 15 is 0 Å². The summed E-state index contributed by atoms with van der Waals surface area (Å²) in [6, 6.07) is 16.2. The number of unbranched alkanes of at least 4 members (excludes halogenated alkanes) is 1. The molecule has 0 spiro atoms. The van der Waals surface area contributed by atoms with E-state index in [1.165, 1.54) is 7.11 Å². The molecule has 4 rings (SSSR count). The molecule has 2 aromatic heterocycles. The van der Waals surface area contributed by atoms with Gasteiger partial charge in [-0.3, -0.25) is 0 Å². The van der Waals surface area contributed by atoms with Crippen molar-refractivity contribution in [3.63, 3.8) is 0 Å². The van der Waals surface area contributed by atoms with Crippen LogP contribution in [-0.2, 0) is 28.0 Å². The number of aryl methyl sites for hydroxylation is 1. The van der Waals surface area contributed by atoms with Gasteiger partial charge in [0.05, 0.1) is 12.8 Å². The van der Waals surface area contributed by atoms with Crippen LogP contribution in [0.4, 0.5) is 0 Å². The van der Waals surface area contributed by atoms with Crippen LogP contribution >= 0.6 is 23.4 Å². The number of carbonyl (C=O) groups is 1. The van der Waals surface area contributed by atoms with Gasteiger partial charge in [-0.25, -0.2) is 9.78 Å². The second-order valence-electron chi connectivity index (χ2n) is 9.04. The van der Waals surface area contributed by atoms with Crippen LogP contribution in [0.25, 0.3) is 22.5 Å². The van der Waals surface area contributed by atoms with Gasteiger partial charge in [-0.1, -0.05) is 73.5 Å². The summed E-state index contributed by atoms with van der Waals surface area (Å²) in [5, 5.41) is 14.7. The molecule has 0 unspecified atom stereocenters. The molecule has 0 aliphatic carbocycles. The van der Waals surface area contributed by atoms with Gasteiger partial charge in [-0.15, -0.1) is 10.2 Å². The molecule has 0 amide bonds. The van der Waals surface area contributed by atoms with E-state index in [2.05, 4.69) is 56.8 Å². The number of methoxy groups -OCH3 is 1. The van der Waals surface area contributed by atoms with Gasteiger partial charge >= 0.3 is 5.97 Å². The Morgan fingerprint density at radius 2 is 1.92 bits per heavy atom. The van der Waals surface area contributed by atoms with Crippen LogP contribution in [-0.4, -0.2) is 55.3 Å². The maximum atomic E-state index is 13.0. The highest BCUT2D eigenvalue weighted by atomic mass is 35.5. The lowest BCUT2D eigenvalue weighted by Crippen LogP contribution is -2.48. The number of esters is 1. The third-order valence-corrected chi connectivity index (χ3v) is 7.43. The summed E-state index contributed by atoms with van der Waals surface area (Å²) in [4.78, 5) is 17.6. The number of aromatic nitrogens is 6. The maximum absolute atomic E-state index is 13.0. The molecular weight excluding hydrogens is 522 g/mol. The minimum atomic E-state index is -1.41. The van der Waals surface area contributed by atoms with Crippen LogP contribution in [0.2, 0.25) is 5.15 Å². The zero-order valence-corrected chi connectivity index (χ0v) is 23.3. The third-order valence-electron chi connectivity index (χ3n) is 6.55. The first-order valence-electron chi connectivity index (χ1n) is 12.5. The number of hydrogen-bond acceptors (Lipinski definition) is 8. The van der Waals surface area contributed by atoms with Gasteiger partial charge in [0.25, 0.3) is 0 Å². The molecule has 38 heavy (non-hydrogen) atoms. The van der Waals surface area contributed by atoms with Crippen molar-refractivity contribution in [2.45, 2.75) is 44.7 Å². The van der Waals surface area contributed by atoms with Gasteiger partial charge in [-0.2, -0.15) is 17.0 Å². The monoisotopic (exact) mass is 553 g/mol. The van der Waals surface area contributed by atoms with Crippen LogP contribution < -0.4 is 5.73 Å². The molecule has 2 aromatic carbocycles. The first-order chi connectivity index (χ1) is 18.4. The smallest absolute Gasteiger partial charge is 0.332 e. The quantitative estimate of drug-likeness (QED) is 0.238. The van der Waals surface area contributed by atoms with Gasteiger partial charge in [-0.05, 0) is 46.8 Å². The Kier molecular flexibility index (Phi) is 9.19. The lowest BCUT2D eigenvalue weighted by atomic mass is 9.93. The molecule has 0 fully saturated rings. The van der Waals surface area contributed by atoms with Gasteiger partial charge in [0, 0.05) is 18.5 Å². The molecule has 0 saturated carbocycles. The Bertz CT molecular complexity index is 1360. The van der Waals surface area contributed by atoms with Crippen LogP contribution in [0.5, 0.6) is 0 Å². The highest BCUT2D eigenvalue weighted by molar-refractivity contribution is 7.98. The van der Waals surface area contributed by atoms with Crippen molar-refractivity contribution in [3.8, 4) is 22.5 Å². The van der Waals surface area contributed by atoms with Crippen molar-refractivity contribution in [2.24, 2.45) is 5.73 Å². The molecular formula is C27H32ClN7O2S. The number of halogens is 1. The second kappa shape index (κ2) is 12.6. The fourth-order valence-electron chi connectivity index (χ4n) is 4.53. The van der Waals surface area contributed by atoms with E-state index < -0.39 is 11.5 Å². The summed E-state index contributed by atoms with van der Waals surface area (Å²) in [6.07, 6.45) is 5.03. The van der Waals surface area contributed by atoms with Crippen LogP contribution in [0.1, 0.15) is 43.3 Å². The number of benzene rings is 2. The minimum Gasteiger partial charge on any atom is -0.467 e. The zero-order valence-electron chi connectivity index (χ0n) is 21.8. The number of thioether (sulfide) groups is 1. The molecule has 11 heteroatoms. The number of aromatic amines is 1. The second-order valence-corrected chi connectivity index (χ2v) is 10.4. The van der Waals surface area contributed by atoms with Crippen molar-refractivity contribution in [1.29, 1.82) is 0 Å². The highest BCUT2D eigenvalue weighted by Gasteiger charge is 2.42. The Morgan fingerprint density at radius 1 is 1.18 bits per heavy atom. The number of tetrazole rings is 1. The molecule has 9 nitrogen and oxygen atoms in total. The summed E-state index contributed by atoms with van der Waals surface area (Å²) >= 11 is 8.30. The van der Waals surface area contributed by atoms with Gasteiger partial charge in [0.15, 0.2) is 10.7 Å². The molecule has 0 aliphatic rings. The molecule has 3 N–H and O–H groups in total. The SMILES string of the molecule is CCCCc1nc(Cl)c([C@](N)(CCSC)C(=O)OC)n1Cc1ccc(-c2ccccc2-c2nn[nH]n2)cc1. The van der Waals surface area contributed by atoms with Crippen molar-refractivity contribution in [1.82, 2.24) is 30.2 Å². The molecule has 0 aliphatic heterocycles. The number of nitrogens with one attached hydrogen (secondary N) is 1. The first kappa shape index (κ1) is 27.8. The number of H-pyrrole nitrogens is 1. The van der Waals surface area contributed by atoms with Crippen molar-refractivity contribution < 1.29 is 9.53 Å². The van der Waals surface area contributed by atoms with Crippen LogP contribution in [0.15, 0.2) is 48.5 Å². The fraction of sp³-hybridized carbons (Fsp3) is 0.370. The lowest BCUT2D eigenvalue weighted by Gasteiger charge is -2.28. The Morgan fingerprint density at radius 3 is 2.55 bits per heavy atom. The molecule has 200 valence electrons. The van der Waals surface area contributed by atoms with Crippen LogP contribution in [0.3, 0.4) is 0 Å². The largest absolute Gasteiger partial charge is 0.467 e. The maximum Gasteiger partial charge on any atom is 0.332 e. The third kappa shape index (κ3) is 5.77. The van der Waals surface area contributed by atoms with E-state index in [-0.39, 0.29) is 5.15 Å². The normalized spacial score (nSPS) is 12.9. The summed E-state index contributed by atoms with van der Waals surface area (Å²) in [7, 11) is 1.35. The first-order valence-corrected chi connectivity index (χ1v) is 14.2. The van der Waals surface area contributed by atoms with E-state index in [1.54, 1.807) is 11.8 Å². The number of imidazole rings is 1. The molecule has 0 saturated heterocycles. The van der Waals surface area contributed by atoms with E-state index in [1.807, 2.05) is 35.1 Å². The predicted octanol–water partition coefficient (Wildman–Crippen LogP) is 4.85. The fourth-order valence-corrected chi connectivity index (χ4v) is 5.42. The number of nitrogens with two attached hydrogens (primary N) is 1. The average molecular weight is 554 g/mol. The highest BCUT2D eigenvalue weighted by Crippen LogP contribution is 2.34. The van der Waals surface area contributed by atoms with E-state index in [0.717, 1.165) is 47.3 Å². The van der Waals surface area contributed by atoms with Gasteiger partial charge < -0.3 is 15.0 Å². The standard InChI is InChI=1S/C27H32ClN7O2S/c1-4-5-10-22-30-24(28)23(27(29,15-16-38-3)26(36)37-2)35(22)17-18-11-13-19(14-12-18)20-8-6-7-9-21(20)25-31-33-34-32-25/h6-9,11-14H,4-5,10,15-17,29H2,1-3H3,(H,31,32,33,34)/t27-/m1/s1. The van der Waals surface area contributed by atoms with Gasteiger partial charge in [0.1, 0.15) is 5.82 Å². The van der Waals surface area contributed by atoms with E-state index in [4.69, 9.17) is 22.1 Å². The summed E-state index contributed by atoms with van der Waals surface area (Å²) in [6.45, 7) is 2.59. The number of carbonyl (C=O) groups excluding carboxylic acids is 1. The molecule has 2 heterocycles. The molecule has 4 aromatic rings. The van der Waals surface area contributed by atoms with Crippen molar-refractivity contribution >= 4 is 29.3 Å². The average Bonchev–Trinajstić information content (AvgIpc) is 3.59. The summed E-state index contributed by atoms with van der Waals surface area (Å²) in [5.74, 6) is 1.49. The van der Waals surface area contributed by atoms with Crippen molar-refractivity contribution in [2.75, 3.05) is 19.1 Å². The number of hydrogen-bond donors (Lipinski definition) is 2. The molecule has 1 atom stereocenters. The Labute approximate surface area is 231 Å². The van der Waals surface area contributed by atoms with E-state index in [9.17, 15) is 4.79 Å².